The number of rotatable bonds is 3. The van der Waals surface area contributed by atoms with Crippen LogP contribution in [0.25, 0.3) is 0 Å². The van der Waals surface area contributed by atoms with E-state index >= 15 is 0 Å². The Morgan fingerprint density at radius 1 is 1.30 bits per heavy atom. The number of nitrogens with one attached hydrogen (secondary N) is 1. The van der Waals surface area contributed by atoms with Gasteiger partial charge in [-0.3, -0.25) is 4.79 Å². The Hall–Kier alpha value is -2.27. The molecule has 104 valence electrons. The van der Waals surface area contributed by atoms with Crippen molar-refractivity contribution < 1.29 is 14.7 Å². The first-order valence-electron chi connectivity index (χ1n) is 5.85. The summed E-state index contributed by atoms with van der Waals surface area (Å²) in [5.41, 5.74) is 1.86. The summed E-state index contributed by atoms with van der Waals surface area (Å²) in [6, 6.07) is 6.10. The maximum atomic E-state index is 12.1. The predicted octanol–water partition coefficient (Wildman–Crippen LogP) is 2.94. The molecule has 0 unspecified atom stereocenters. The van der Waals surface area contributed by atoms with E-state index in [4.69, 9.17) is 16.7 Å². The van der Waals surface area contributed by atoms with Gasteiger partial charge in [0.05, 0.1) is 10.6 Å². The SMILES string of the molecule is Cc1cc(C(=O)O)ccc1NC(=O)c1cc(Cl)cn1C. The van der Waals surface area contributed by atoms with E-state index in [0.717, 1.165) is 0 Å². The summed E-state index contributed by atoms with van der Waals surface area (Å²) in [6.07, 6.45) is 1.64. The van der Waals surface area contributed by atoms with Gasteiger partial charge in [-0.2, -0.15) is 0 Å². The number of anilines is 1. The molecule has 0 fully saturated rings. The highest BCUT2D eigenvalue weighted by Crippen LogP contribution is 2.19. The highest BCUT2D eigenvalue weighted by Gasteiger charge is 2.13. The van der Waals surface area contributed by atoms with Gasteiger partial charge in [0, 0.05) is 18.9 Å². The van der Waals surface area contributed by atoms with Crippen LogP contribution < -0.4 is 5.32 Å². The van der Waals surface area contributed by atoms with Crippen LogP contribution in [-0.4, -0.2) is 21.6 Å². The van der Waals surface area contributed by atoms with Gasteiger partial charge in [0.1, 0.15) is 5.69 Å². The Bertz CT molecular complexity index is 692. The topological polar surface area (TPSA) is 71.3 Å². The number of carboxylic acid groups (broad SMARTS) is 1. The monoisotopic (exact) mass is 292 g/mol. The van der Waals surface area contributed by atoms with E-state index in [2.05, 4.69) is 5.32 Å². The lowest BCUT2D eigenvalue weighted by Gasteiger charge is -2.09. The lowest BCUT2D eigenvalue weighted by molar-refractivity contribution is 0.0696. The van der Waals surface area contributed by atoms with Crippen molar-refractivity contribution in [3.8, 4) is 0 Å². The number of nitrogens with zero attached hydrogens (tertiary/aromatic N) is 1. The van der Waals surface area contributed by atoms with E-state index in [1.165, 1.54) is 12.1 Å². The van der Waals surface area contributed by atoms with Crippen LogP contribution in [0.4, 0.5) is 5.69 Å². The normalized spacial score (nSPS) is 10.3. The second-order valence-corrected chi connectivity index (χ2v) is 4.88. The zero-order chi connectivity index (χ0) is 14.9. The third-order valence-electron chi connectivity index (χ3n) is 2.93. The Kier molecular flexibility index (Phi) is 3.81. The maximum absolute atomic E-state index is 12.1. The van der Waals surface area contributed by atoms with Gasteiger partial charge in [-0.15, -0.1) is 0 Å². The minimum atomic E-state index is -1.000. The van der Waals surface area contributed by atoms with Crippen LogP contribution >= 0.6 is 11.6 Å². The molecule has 0 spiro atoms. The molecule has 1 heterocycles. The summed E-state index contributed by atoms with van der Waals surface area (Å²) < 4.78 is 1.62. The van der Waals surface area contributed by atoms with Crippen molar-refractivity contribution in [1.82, 2.24) is 4.57 Å². The van der Waals surface area contributed by atoms with Gasteiger partial charge in [0.15, 0.2) is 0 Å². The Labute approximate surface area is 120 Å². The van der Waals surface area contributed by atoms with E-state index in [0.29, 0.717) is 22.0 Å². The predicted molar refractivity (Wildman–Crippen MR) is 76.5 cm³/mol. The van der Waals surface area contributed by atoms with Crippen LogP contribution in [0.5, 0.6) is 0 Å². The molecule has 1 amide bonds. The van der Waals surface area contributed by atoms with Gasteiger partial charge in [-0.1, -0.05) is 11.6 Å². The fourth-order valence-electron chi connectivity index (χ4n) is 1.87. The minimum Gasteiger partial charge on any atom is -0.478 e. The van der Waals surface area contributed by atoms with Crippen molar-refractivity contribution >= 4 is 29.2 Å². The third-order valence-corrected chi connectivity index (χ3v) is 3.13. The second kappa shape index (κ2) is 5.38. The van der Waals surface area contributed by atoms with E-state index in [9.17, 15) is 9.59 Å². The van der Waals surface area contributed by atoms with Crippen LogP contribution in [0.2, 0.25) is 5.02 Å². The lowest BCUT2D eigenvalue weighted by atomic mass is 10.1. The van der Waals surface area contributed by atoms with Crippen LogP contribution in [0.15, 0.2) is 30.5 Å². The van der Waals surface area contributed by atoms with E-state index in [1.54, 1.807) is 36.9 Å². The van der Waals surface area contributed by atoms with Gasteiger partial charge in [-0.25, -0.2) is 4.79 Å². The van der Waals surface area contributed by atoms with E-state index < -0.39 is 5.97 Å². The summed E-state index contributed by atoms with van der Waals surface area (Å²) in [5.74, 6) is -1.30. The van der Waals surface area contributed by atoms with Crippen molar-refractivity contribution in [1.29, 1.82) is 0 Å². The number of aryl methyl sites for hydroxylation is 2. The quantitative estimate of drug-likeness (QED) is 0.913. The zero-order valence-electron chi connectivity index (χ0n) is 11.0. The van der Waals surface area contributed by atoms with Crippen LogP contribution in [-0.2, 0) is 7.05 Å². The average Bonchev–Trinajstić information content (AvgIpc) is 2.70. The van der Waals surface area contributed by atoms with Crippen LogP contribution in [0, 0.1) is 6.92 Å². The Morgan fingerprint density at radius 2 is 2.00 bits per heavy atom. The highest BCUT2D eigenvalue weighted by molar-refractivity contribution is 6.31. The number of amides is 1. The minimum absolute atomic E-state index is 0.183. The Balaban J connectivity index is 2.24. The number of carboxylic acids is 1. The molecule has 0 radical (unpaired) electrons. The smallest absolute Gasteiger partial charge is 0.335 e. The summed E-state index contributed by atoms with van der Waals surface area (Å²) in [5, 5.41) is 12.1. The number of benzene rings is 1. The van der Waals surface area contributed by atoms with Gasteiger partial charge in [0.25, 0.3) is 5.91 Å². The van der Waals surface area contributed by atoms with Crippen molar-refractivity contribution in [2.45, 2.75) is 6.92 Å². The first kappa shape index (κ1) is 14.1. The van der Waals surface area contributed by atoms with E-state index in [1.807, 2.05) is 0 Å². The largest absolute Gasteiger partial charge is 0.478 e. The van der Waals surface area contributed by atoms with Crippen LogP contribution in [0.1, 0.15) is 26.4 Å². The molecule has 6 heteroatoms. The highest BCUT2D eigenvalue weighted by atomic mass is 35.5. The number of aromatic nitrogens is 1. The average molecular weight is 293 g/mol. The summed E-state index contributed by atoms with van der Waals surface area (Å²) >= 11 is 5.83. The number of carbonyl (C=O) groups excluding carboxylic acids is 1. The molecule has 0 aliphatic carbocycles. The number of hydrogen-bond donors (Lipinski definition) is 2. The third kappa shape index (κ3) is 2.83. The molecule has 0 saturated heterocycles. The standard InChI is InChI=1S/C14H13ClN2O3/c1-8-5-9(14(19)20)3-4-11(8)16-13(18)12-6-10(15)7-17(12)2/h3-7H,1-2H3,(H,16,18)(H,19,20). The van der Waals surface area contributed by atoms with E-state index in [-0.39, 0.29) is 11.5 Å². The molecule has 0 saturated carbocycles. The molecule has 5 nitrogen and oxygen atoms in total. The van der Waals surface area contributed by atoms with Gasteiger partial charge in [-0.05, 0) is 36.8 Å². The number of hydrogen-bond acceptors (Lipinski definition) is 2. The molecule has 20 heavy (non-hydrogen) atoms. The van der Waals surface area contributed by atoms with Crippen molar-refractivity contribution in [2.24, 2.45) is 7.05 Å². The molecule has 1 aromatic heterocycles. The molecular weight excluding hydrogens is 280 g/mol. The molecular formula is C14H13ClN2O3. The fourth-order valence-corrected chi connectivity index (χ4v) is 2.12. The molecule has 2 aromatic rings. The van der Waals surface area contributed by atoms with Gasteiger partial charge >= 0.3 is 5.97 Å². The number of aromatic carboxylic acids is 1. The fraction of sp³-hybridized carbons (Fsp3) is 0.143. The van der Waals surface area contributed by atoms with Crippen molar-refractivity contribution in [3.05, 3.63) is 52.3 Å². The van der Waals surface area contributed by atoms with Gasteiger partial charge < -0.3 is 15.0 Å². The summed E-state index contributed by atoms with van der Waals surface area (Å²) in [6.45, 7) is 1.74. The lowest BCUT2D eigenvalue weighted by Crippen LogP contribution is -2.16. The maximum Gasteiger partial charge on any atom is 0.335 e. The molecule has 0 bridgehead atoms. The first-order chi connectivity index (χ1) is 9.38. The molecule has 0 atom stereocenters. The molecule has 0 aliphatic heterocycles. The number of halogens is 1. The first-order valence-corrected chi connectivity index (χ1v) is 6.23. The Morgan fingerprint density at radius 3 is 2.50 bits per heavy atom. The molecule has 0 aliphatic rings. The summed E-state index contributed by atoms with van der Waals surface area (Å²) in [4.78, 5) is 23.0. The van der Waals surface area contributed by atoms with Crippen molar-refractivity contribution in [3.63, 3.8) is 0 Å². The van der Waals surface area contributed by atoms with Crippen molar-refractivity contribution in [2.75, 3.05) is 5.32 Å². The molecule has 2 N–H and O–H groups in total. The summed E-state index contributed by atoms with van der Waals surface area (Å²) in [7, 11) is 1.72. The molecule has 1 aromatic carbocycles. The zero-order valence-corrected chi connectivity index (χ0v) is 11.7. The van der Waals surface area contributed by atoms with Crippen LogP contribution in [0.3, 0.4) is 0 Å². The molecule has 2 rings (SSSR count). The second-order valence-electron chi connectivity index (χ2n) is 4.44. The van der Waals surface area contributed by atoms with Gasteiger partial charge in [0.2, 0.25) is 0 Å². The number of carbonyl (C=O) groups is 2.